The Bertz CT molecular complexity index is 584. The van der Waals surface area contributed by atoms with Crippen molar-refractivity contribution in [2.75, 3.05) is 11.9 Å². The van der Waals surface area contributed by atoms with E-state index in [1.807, 2.05) is 6.08 Å². The van der Waals surface area contributed by atoms with E-state index in [1.165, 1.54) is 40.8 Å². The molecular weight excluding hydrogens is 254 g/mol. The molecule has 0 atom stereocenters. The molecule has 0 saturated carbocycles. The molecule has 0 fully saturated rings. The topological polar surface area (TPSA) is 12.0 Å². The lowest BCUT2D eigenvalue weighted by atomic mass is 9.96. The molecule has 0 unspecified atom stereocenters. The number of unbranched alkanes of at least 4 members (excludes halogenated alkanes) is 1. The molecule has 1 N–H and O–H groups in total. The third-order valence-corrected chi connectivity index (χ3v) is 3.80. The summed E-state index contributed by atoms with van der Waals surface area (Å²) in [7, 11) is 0. The van der Waals surface area contributed by atoms with E-state index < -0.39 is 0 Å². The van der Waals surface area contributed by atoms with Crippen molar-refractivity contribution in [3.05, 3.63) is 71.3 Å². The van der Waals surface area contributed by atoms with Gasteiger partial charge in [-0.1, -0.05) is 62.4 Å². The second-order valence-electron chi connectivity index (χ2n) is 5.51. The van der Waals surface area contributed by atoms with Crippen molar-refractivity contribution in [3.63, 3.8) is 0 Å². The molecule has 1 heteroatoms. The van der Waals surface area contributed by atoms with Gasteiger partial charge in [-0.25, -0.2) is 0 Å². The number of aryl methyl sites for hydroxylation is 1. The minimum Gasteiger partial charge on any atom is -0.385 e. The van der Waals surface area contributed by atoms with E-state index in [1.54, 1.807) is 0 Å². The van der Waals surface area contributed by atoms with Crippen LogP contribution in [0.4, 0.5) is 5.69 Å². The van der Waals surface area contributed by atoms with Gasteiger partial charge in [0.1, 0.15) is 0 Å². The average molecular weight is 279 g/mol. The zero-order chi connectivity index (χ0) is 15.1. The summed E-state index contributed by atoms with van der Waals surface area (Å²) >= 11 is 0. The lowest BCUT2D eigenvalue weighted by Crippen LogP contribution is -2.06. The Labute approximate surface area is 128 Å². The van der Waals surface area contributed by atoms with Gasteiger partial charge in [0, 0.05) is 12.2 Å². The number of rotatable bonds is 7. The van der Waals surface area contributed by atoms with E-state index in [0.29, 0.717) is 0 Å². The molecule has 2 rings (SSSR count). The Morgan fingerprint density at radius 1 is 1.14 bits per heavy atom. The first kappa shape index (κ1) is 15.4. The molecule has 0 amide bonds. The van der Waals surface area contributed by atoms with Gasteiger partial charge >= 0.3 is 0 Å². The molecule has 0 radical (unpaired) electrons. The number of benzene rings is 2. The molecule has 0 saturated heterocycles. The third kappa shape index (κ3) is 4.22. The molecule has 0 aliphatic heterocycles. The number of hydrogen-bond acceptors (Lipinski definition) is 1. The van der Waals surface area contributed by atoms with Crippen LogP contribution in [0.5, 0.6) is 0 Å². The van der Waals surface area contributed by atoms with Crippen molar-refractivity contribution in [3.8, 4) is 0 Å². The van der Waals surface area contributed by atoms with Gasteiger partial charge in [-0.15, -0.1) is 0 Å². The molecule has 0 bridgehead atoms. The molecule has 110 valence electrons. The average Bonchev–Trinajstić information content (AvgIpc) is 2.51. The van der Waals surface area contributed by atoms with Crippen LogP contribution >= 0.6 is 0 Å². The standard InChI is InChI=1S/C20H25N/c1-4-6-12-21-20-15-17(5-2)13-16(3)19(20)14-18-10-8-7-9-11-18/h5,7-11,13,15,21H,2,4,6,12,14H2,1,3H3. The van der Waals surface area contributed by atoms with E-state index >= 15 is 0 Å². The molecule has 0 aromatic heterocycles. The van der Waals surface area contributed by atoms with Crippen molar-refractivity contribution in [2.45, 2.75) is 33.1 Å². The molecule has 0 heterocycles. The predicted molar refractivity (Wildman–Crippen MR) is 93.9 cm³/mol. The summed E-state index contributed by atoms with van der Waals surface area (Å²) in [6.07, 6.45) is 5.30. The molecular formula is C20H25N. The van der Waals surface area contributed by atoms with Crippen molar-refractivity contribution >= 4 is 11.8 Å². The second kappa shape index (κ2) is 7.68. The van der Waals surface area contributed by atoms with Crippen LogP contribution in [0.15, 0.2) is 49.0 Å². The molecule has 0 spiro atoms. The number of anilines is 1. The van der Waals surface area contributed by atoms with Gasteiger partial charge in [-0.05, 0) is 48.1 Å². The van der Waals surface area contributed by atoms with Gasteiger partial charge in [-0.2, -0.15) is 0 Å². The lowest BCUT2D eigenvalue weighted by molar-refractivity contribution is 0.833. The first-order valence-corrected chi connectivity index (χ1v) is 7.78. The van der Waals surface area contributed by atoms with Crippen molar-refractivity contribution < 1.29 is 0 Å². The zero-order valence-corrected chi connectivity index (χ0v) is 13.2. The maximum atomic E-state index is 3.90. The van der Waals surface area contributed by atoms with E-state index in [-0.39, 0.29) is 0 Å². The van der Waals surface area contributed by atoms with Gasteiger partial charge in [-0.3, -0.25) is 0 Å². The second-order valence-corrected chi connectivity index (χ2v) is 5.51. The Hall–Kier alpha value is -2.02. The smallest absolute Gasteiger partial charge is 0.0384 e. The maximum Gasteiger partial charge on any atom is 0.0384 e. The van der Waals surface area contributed by atoms with E-state index in [4.69, 9.17) is 0 Å². The fourth-order valence-corrected chi connectivity index (χ4v) is 2.56. The normalized spacial score (nSPS) is 10.4. The van der Waals surface area contributed by atoms with Crippen LogP contribution in [-0.2, 0) is 6.42 Å². The Morgan fingerprint density at radius 2 is 1.90 bits per heavy atom. The fourth-order valence-electron chi connectivity index (χ4n) is 2.56. The van der Waals surface area contributed by atoms with E-state index in [2.05, 4.69) is 68.2 Å². The SMILES string of the molecule is C=Cc1cc(C)c(Cc2ccccc2)c(NCCCC)c1. The Morgan fingerprint density at radius 3 is 2.57 bits per heavy atom. The summed E-state index contributed by atoms with van der Waals surface area (Å²) in [4.78, 5) is 0. The van der Waals surface area contributed by atoms with Crippen LogP contribution in [0.3, 0.4) is 0 Å². The molecule has 1 nitrogen and oxygen atoms in total. The molecule has 0 aliphatic carbocycles. The predicted octanol–water partition coefficient (Wildman–Crippen LogP) is 5.44. The van der Waals surface area contributed by atoms with Crippen molar-refractivity contribution in [1.82, 2.24) is 0 Å². The lowest BCUT2D eigenvalue weighted by Gasteiger charge is -2.16. The quantitative estimate of drug-likeness (QED) is 0.665. The Kier molecular flexibility index (Phi) is 5.62. The Balaban J connectivity index is 2.30. The first-order valence-electron chi connectivity index (χ1n) is 7.78. The highest BCUT2D eigenvalue weighted by atomic mass is 14.9. The van der Waals surface area contributed by atoms with Gasteiger partial charge in [0.05, 0.1) is 0 Å². The zero-order valence-electron chi connectivity index (χ0n) is 13.2. The summed E-state index contributed by atoms with van der Waals surface area (Å²) in [5, 5.41) is 3.60. The van der Waals surface area contributed by atoms with Crippen LogP contribution in [0.25, 0.3) is 6.08 Å². The van der Waals surface area contributed by atoms with E-state index in [9.17, 15) is 0 Å². The molecule has 2 aromatic carbocycles. The highest BCUT2D eigenvalue weighted by Gasteiger charge is 2.08. The maximum absolute atomic E-state index is 3.90. The van der Waals surface area contributed by atoms with Gasteiger partial charge < -0.3 is 5.32 Å². The fraction of sp³-hybridized carbons (Fsp3) is 0.300. The highest BCUT2D eigenvalue weighted by molar-refractivity contribution is 5.64. The minimum absolute atomic E-state index is 0.971. The summed E-state index contributed by atoms with van der Waals surface area (Å²) in [5.41, 5.74) is 6.51. The molecule has 2 aromatic rings. The first-order chi connectivity index (χ1) is 10.2. The van der Waals surface area contributed by atoms with Crippen molar-refractivity contribution in [2.24, 2.45) is 0 Å². The number of nitrogens with one attached hydrogen (secondary N) is 1. The minimum atomic E-state index is 0.971. The van der Waals surface area contributed by atoms with Gasteiger partial charge in [0.15, 0.2) is 0 Å². The summed E-state index contributed by atoms with van der Waals surface area (Å²) in [6.45, 7) is 9.33. The third-order valence-electron chi connectivity index (χ3n) is 3.80. The van der Waals surface area contributed by atoms with Gasteiger partial charge in [0.2, 0.25) is 0 Å². The van der Waals surface area contributed by atoms with Crippen molar-refractivity contribution in [1.29, 1.82) is 0 Å². The number of hydrogen-bond donors (Lipinski definition) is 1. The summed E-state index contributed by atoms with van der Waals surface area (Å²) in [6, 6.07) is 15.1. The van der Waals surface area contributed by atoms with Crippen LogP contribution in [0.1, 0.15) is 42.0 Å². The van der Waals surface area contributed by atoms with E-state index in [0.717, 1.165) is 13.0 Å². The van der Waals surface area contributed by atoms with Gasteiger partial charge in [0.25, 0.3) is 0 Å². The molecule has 0 aliphatic rings. The monoisotopic (exact) mass is 279 g/mol. The summed E-state index contributed by atoms with van der Waals surface area (Å²) < 4.78 is 0. The largest absolute Gasteiger partial charge is 0.385 e. The van der Waals surface area contributed by atoms with Crippen LogP contribution < -0.4 is 5.32 Å². The van der Waals surface area contributed by atoms with Crippen LogP contribution in [0, 0.1) is 6.92 Å². The van der Waals surface area contributed by atoms with Crippen LogP contribution in [0.2, 0.25) is 0 Å². The molecule has 21 heavy (non-hydrogen) atoms. The highest BCUT2D eigenvalue weighted by Crippen LogP contribution is 2.26. The summed E-state index contributed by atoms with van der Waals surface area (Å²) in [5.74, 6) is 0. The van der Waals surface area contributed by atoms with Crippen LogP contribution in [-0.4, -0.2) is 6.54 Å².